The van der Waals surface area contributed by atoms with Crippen LogP contribution in [0.4, 0.5) is 46.4 Å². The standard InChI is InChI=1S/C25H21N5O4.C11H10N2O.C7H4ClFN2O3.C7H2ClFN2O2.C7H3ClFN/c1-26-24(31)23-16-22(11-14-28-23)33-19-7-5-17(6-8-19)29-25(32)30-18-3-2-4-21(15-18)34-20-9-12-27-13-10-20;12-9-2-1-3-11(8-9)14-10-4-6-13-7-5-10;8-4-2-5(9)6(11(13)14)1-3(4)7(10)12;8-5-2-6(9)7(11(12)13)1-4(5)3-10;8-7-3-6(9)2-1-5(7)4-10/h2-16H,1H3,(H,26,31)(H2,29,30,32);1-8H,12H2;1-2H,(H2,10,12);1-2H;1-3H. The number of amides is 4. The number of hydrogen-bond donors (Lipinski definition) is 5. The van der Waals surface area contributed by atoms with E-state index in [0.29, 0.717) is 57.8 Å². The minimum atomic E-state index is -1.11. The number of nitrogen functional groups attached to an aromatic ring is 1. The molecule has 3 aromatic heterocycles. The van der Waals surface area contributed by atoms with E-state index in [1.54, 1.807) is 122 Å². The lowest BCUT2D eigenvalue weighted by Crippen LogP contribution is -2.19. The molecule has 0 spiro atoms. The monoisotopic (exact) mass is 1210 g/mol. The van der Waals surface area contributed by atoms with Crippen LogP contribution in [0, 0.1) is 60.3 Å². The number of hydrogen-bond acceptors (Lipinski definition) is 16. The number of carbonyl (C=O) groups excluding carboxylic acids is 3. The van der Waals surface area contributed by atoms with Gasteiger partial charge in [0.2, 0.25) is 17.5 Å². The molecule has 7 N–H and O–H groups in total. The Morgan fingerprint density at radius 2 is 1.06 bits per heavy atom. The Labute approximate surface area is 494 Å². The number of nitrogens with two attached hydrogens (primary N) is 2. The van der Waals surface area contributed by atoms with Crippen LogP contribution in [0.5, 0.6) is 34.5 Å². The SMILES string of the molecule is CNC(=O)c1cc(Oc2ccc(NC(=O)Nc3cccc(Oc4ccncc4)c3)cc2)ccn1.N#Cc1cc([N+](=O)[O-])c(F)cc1Cl.N#Cc1ccc(F)cc1Cl.NC(=O)c1cc([N+](=O)[O-])c(F)cc1Cl.Nc1cccc(Oc2ccncc2)c1. The molecule has 4 amide bonds. The normalized spacial score (nSPS) is 9.75. The number of nitrogens with zero attached hydrogens (tertiary/aromatic N) is 7. The van der Waals surface area contributed by atoms with Gasteiger partial charge in [-0.05, 0) is 97.1 Å². The highest BCUT2D eigenvalue weighted by atomic mass is 35.5. The van der Waals surface area contributed by atoms with Gasteiger partial charge in [0.05, 0.1) is 41.6 Å². The Morgan fingerprint density at radius 1 is 0.565 bits per heavy atom. The first-order chi connectivity index (χ1) is 40.7. The first kappa shape index (κ1) is 64.4. The number of aromatic nitrogens is 3. The molecule has 0 saturated heterocycles. The van der Waals surface area contributed by atoms with Crippen LogP contribution in [0.2, 0.25) is 15.1 Å². The van der Waals surface area contributed by atoms with Crippen LogP contribution >= 0.6 is 34.8 Å². The van der Waals surface area contributed by atoms with Gasteiger partial charge in [0.15, 0.2) is 0 Å². The van der Waals surface area contributed by atoms with E-state index in [0.717, 1.165) is 29.7 Å². The van der Waals surface area contributed by atoms with E-state index >= 15 is 0 Å². The summed E-state index contributed by atoms with van der Waals surface area (Å²) in [6.07, 6.45) is 8.14. The summed E-state index contributed by atoms with van der Waals surface area (Å²) in [6.45, 7) is 0. The highest BCUT2D eigenvalue weighted by Crippen LogP contribution is 2.29. The lowest BCUT2D eigenvalue weighted by molar-refractivity contribution is -0.387. The molecule has 0 radical (unpaired) electrons. The Bertz CT molecular complexity index is 3890. The van der Waals surface area contributed by atoms with E-state index in [9.17, 15) is 47.8 Å². The van der Waals surface area contributed by atoms with Gasteiger partial charge >= 0.3 is 17.4 Å². The molecule has 28 heteroatoms. The van der Waals surface area contributed by atoms with E-state index in [-0.39, 0.29) is 37.8 Å². The summed E-state index contributed by atoms with van der Waals surface area (Å²) in [5.41, 5.74) is 10.9. The van der Waals surface area contributed by atoms with Gasteiger partial charge in [-0.1, -0.05) is 46.9 Å². The maximum atomic E-state index is 12.9. The molecule has 0 aliphatic rings. The fraction of sp³-hybridized carbons (Fsp3) is 0.0175. The second kappa shape index (κ2) is 32.2. The van der Waals surface area contributed by atoms with Crippen molar-refractivity contribution in [3.05, 3.63) is 258 Å². The Kier molecular flexibility index (Phi) is 24.4. The number of benzene rings is 6. The summed E-state index contributed by atoms with van der Waals surface area (Å²) in [4.78, 5) is 65.3. The Morgan fingerprint density at radius 3 is 1.59 bits per heavy atom. The van der Waals surface area contributed by atoms with Crippen molar-refractivity contribution in [3.8, 4) is 46.6 Å². The number of urea groups is 1. The number of nitro groups is 2. The predicted octanol–water partition coefficient (Wildman–Crippen LogP) is 13.6. The number of nitrogens with one attached hydrogen (secondary N) is 3. The van der Waals surface area contributed by atoms with Crippen LogP contribution in [0.3, 0.4) is 0 Å². The molecule has 22 nitrogen and oxygen atoms in total. The molecule has 0 bridgehead atoms. The van der Waals surface area contributed by atoms with Gasteiger partial charge < -0.3 is 41.6 Å². The molecule has 430 valence electrons. The highest BCUT2D eigenvalue weighted by molar-refractivity contribution is 6.34. The summed E-state index contributed by atoms with van der Waals surface area (Å²) in [7, 11) is 1.53. The molecule has 3 heterocycles. The molecule has 6 aromatic carbocycles. The van der Waals surface area contributed by atoms with Gasteiger partial charge in [-0.15, -0.1) is 0 Å². The second-order valence-corrected chi connectivity index (χ2v) is 17.3. The Hall–Kier alpha value is -11.4. The fourth-order valence-corrected chi connectivity index (χ4v) is 6.92. The summed E-state index contributed by atoms with van der Waals surface area (Å²) >= 11 is 16.3. The molecular formula is C57H40Cl3F3N12O10. The van der Waals surface area contributed by atoms with Crippen molar-refractivity contribution in [2.45, 2.75) is 0 Å². The maximum Gasteiger partial charge on any atom is 0.323 e. The van der Waals surface area contributed by atoms with Crippen LogP contribution in [0.25, 0.3) is 0 Å². The molecule has 9 rings (SSSR count). The number of primary amides is 1. The molecule has 9 aromatic rings. The third kappa shape index (κ3) is 20.9. The van der Waals surface area contributed by atoms with E-state index < -0.39 is 50.6 Å². The van der Waals surface area contributed by atoms with Gasteiger partial charge in [0, 0.05) is 97.6 Å². The van der Waals surface area contributed by atoms with Crippen LogP contribution in [-0.4, -0.2) is 49.7 Å². The topological polar surface area (TPSA) is 340 Å². The molecule has 0 fully saturated rings. The average molecular weight is 1220 g/mol. The van der Waals surface area contributed by atoms with Crippen molar-refractivity contribution >= 4 is 81.1 Å². The van der Waals surface area contributed by atoms with Gasteiger partial charge in [0.25, 0.3) is 5.91 Å². The third-order valence-corrected chi connectivity index (χ3v) is 11.1. The highest BCUT2D eigenvalue weighted by Gasteiger charge is 2.20. The zero-order chi connectivity index (χ0) is 62.0. The summed E-state index contributed by atoms with van der Waals surface area (Å²) in [6, 6.07) is 41.1. The number of pyridine rings is 3. The second-order valence-electron chi connectivity index (χ2n) is 16.1. The van der Waals surface area contributed by atoms with Crippen LogP contribution in [0.15, 0.2) is 183 Å². The number of nitro benzene ring substituents is 2. The van der Waals surface area contributed by atoms with Gasteiger partial charge in [-0.2, -0.15) is 19.3 Å². The third-order valence-electron chi connectivity index (χ3n) is 10.2. The number of nitriles is 2. The van der Waals surface area contributed by atoms with E-state index in [2.05, 4.69) is 30.9 Å². The maximum absolute atomic E-state index is 12.9. The zero-order valence-corrected chi connectivity index (χ0v) is 45.7. The number of halogens is 6. The fourth-order valence-electron chi connectivity index (χ4n) is 6.27. The van der Waals surface area contributed by atoms with E-state index in [1.807, 2.05) is 24.3 Å². The van der Waals surface area contributed by atoms with Crippen LogP contribution in [-0.2, 0) is 0 Å². The first-order valence-electron chi connectivity index (χ1n) is 23.6. The van der Waals surface area contributed by atoms with E-state index in [4.69, 9.17) is 71.0 Å². The molecule has 0 aliphatic carbocycles. The van der Waals surface area contributed by atoms with Crippen LogP contribution < -0.4 is 41.6 Å². The van der Waals surface area contributed by atoms with Crippen molar-refractivity contribution in [2.75, 3.05) is 23.4 Å². The Balaban J connectivity index is 0.000000215. The first-order valence-corrected chi connectivity index (χ1v) is 24.8. The van der Waals surface area contributed by atoms with Crippen molar-refractivity contribution < 1.29 is 51.6 Å². The summed E-state index contributed by atoms with van der Waals surface area (Å²) in [5, 5.41) is 45.1. The summed E-state index contributed by atoms with van der Waals surface area (Å²) in [5.74, 6) is -0.0908. The van der Waals surface area contributed by atoms with Gasteiger partial charge in [-0.25, -0.2) is 9.18 Å². The molecular weight excluding hydrogens is 1180 g/mol. The predicted molar refractivity (Wildman–Crippen MR) is 308 cm³/mol. The van der Waals surface area contributed by atoms with Crippen molar-refractivity contribution in [1.82, 2.24) is 20.3 Å². The number of anilines is 3. The van der Waals surface area contributed by atoms with Gasteiger partial charge in [-0.3, -0.25) is 44.8 Å². The minimum Gasteiger partial charge on any atom is -0.457 e. The zero-order valence-electron chi connectivity index (χ0n) is 43.5. The van der Waals surface area contributed by atoms with Crippen molar-refractivity contribution in [1.29, 1.82) is 10.5 Å². The quantitative estimate of drug-likeness (QED) is 0.0431. The lowest BCUT2D eigenvalue weighted by Gasteiger charge is -2.11. The molecule has 0 atom stereocenters. The lowest BCUT2D eigenvalue weighted by atomic mass is 10.2. The minimum absolute atomic E-state index is 0.116. The number of ether oxygens (including phenoxy) is 3. The van der Waals surface area contributed by atoms with Crippen molar-refractivity contribution in [3.63, 3.8) is 0 Å². The number of rotatable bonds is 12. The molecule has 0 aliphatic heterocycles. The molecule has 85 heavy (non-hydrogen) atoms. The average Bonchev–Trinajstić information content (AvgIpc) is 3.52. The van der Waals surface area contributed by atoms with E-state index in [1.165, 1.54) is 25.4 Å². The largest absolute Gasteiger partial charge is 0.457 e. The van der Waals surface area contributed by atoms with Gasteiger partial charge in [0.1, 0.15) is 58.1 Å². The summed E-state index contributed by atoms with van der Waals surface area (Å²) < 4.78 is 55.0. The smallest absolute Gasteiger partial charge is 0.323 e. The van der Waals surface area contributed by atoms with Crippen molar-refractivity contribution in [2.24, 2.45) is 5.73 Å². The number of carbonyl (C=O) groups is 3. The molecule has 0 saturated carbocycles. The molecule has 0 unspecified atom stereocenters. The van der Waals surface area contributed by atoms with Crippen LogP contribution in [0.1, 0.15) is 32.0 Å².